The average molecular weight is 377 g/mol. The highest BCUT2D eigenvalue weighted by Gasteiger charge is 2.28. The first-order valence-electron chi connectivity index (χ1n) is 9.35. The first kappa shape index (κ1) is 20.7. The summed E-state index contributed by atoms with van der Waals surface area (Å²) in [7, 11) is 0. The maximum Gasteiger partial charge on any atom is 0.344 e. The van der Waals surface area contributed by atoms with Crippen molar-refractivity contribution in [3.8, 4) is 5.75 Å². The van der Waals surface area contributed by atoms with Crippen LogP contribution in [-0.4, -0.2) is 55.7 Å². The van der Waals surface area contributed by atoms with Gasteiger partial charge >= 0.3 is 11.9 Å². The topological polar surface area (TPSA) is 82.1 Å². The summed E-state index contributed by atoms with van der Waals surface area (Å²) in [6.07, 6.45) is 1.93. The molecule has 1 saturated heterocycles. The SMILES string of the molecule is CCOC(=O)C1CCN(C(=O)COC(=O)COc2ccccc2CC)CC1. The van der Waals surface area contributed by atoms with Crippen LogP contribution in [0.1, 0.15) is 32.3 Å². The molecule has 0 aliphatic carbocycles. The Labute approximate surface area is 159 Å². The third-order valence-electron chi connectivity index (χ3n) is 4.52. The zero-order valence-electron chi connectivity index (χ0n) is 15.9. The average Bonchev–Trinajstić information content (AvgIpc) is 2.70. The minimum Gasteiger partial charge on any atom is -0.482 e. The molecule has 0 spiro atoms. The molecular formula is C20H27NO6. The Hall–Kier alpha value is -2.57. The lowest BCUT2D eigenvalue weighted by molar-refractivity contribution is -0.155. The lowest BCUT2D eigenvalue weighted by Gasteiger charge is -2.30. The minimum absolute atomic E-state index is 0.163. The number of amides is 1. The molecule has 1 aliphatic heterocycles. The number of piperidine rings is 1. The Morgan fingerprint density at radius 1 is 1.04 bits per heavy atom. The van der Waals surface area contributed by atoms with Crippen LogP contribution in [0.3, 0.4) is 0 Å². The smallest absolute Gasteiger partial charge is 0.344 e. The molecule has 0 bridgehead atoms. The van der Waals surface area contributed by atoms with Gasteiger partial charge in [-0.05, 0) is 37.8 Å². The van der Waals surface area contributed by atoms with E-state index in [1.165, 1.54) is 0 Å². The first-order valence-corrected chi connectivity index (χ1v) is 9.35. The molecule has 0 unspecified atom stereocenters. The number of esters is 2. The van der Waals surface area contributed by atoms with Gasteiger partial charge in [-0.25, -0.2) is 4.79 Å². The molecule has 1 heterocycles. The number of hydrogen-bond acceptors (Lipinski definition) is 6. The summed E-state index contributed by atoms with van der Waals surface area (Å²) in [5.41, 5.74) is 1.01. The molecule has 0 aromatic heterocycles. The molecule has 148 valence electrons. The number of carbonyl (C=O) groups excluding carboxylic acids is 3. The van der Waals surface area contributed by atoms with Gasteiger partial charge in [0.2, 0.25) is 0 Å². The monoisotopic (exact) mass is 377 g/mol. The van der Waals surface area contributed by atoms with E-state index in [9.17, 15) is 14.4 Å². The van der Waals surface area contributed by atoms with E-state index in [0.717, 1.165) is 12.0 Å². The number of para-hydroxylation sites is 1. The van der Waals surface area contributed by atoms with Crippen LogP contribution in [-0.2, 0) is 30.3 Å². The third-order valence-corrected chi connectivity index (χ3v) is 4.52. The van der Waals surface area contributed by atoms with Crippen molar-refractivity contribution >= 4 is 17.8 Å². The molecule has 1 aliphatic rings. The molecule has 7 nitrogen and oxygen atoms in total. The Morgan fingerprint density at radius 3 is 2.41 bits per heavy atom. The lowest BCUT2D eigenvalue weighted by atomic mass is 9.97. The number of likely N-dealkylation sites (tertiary alicyclic amines) is 1. The van der Waals surface area contributed by atoms with Crippen molar-refractivity contribution in [2.24, 2.45) is 5.92 Å². The van der Waals surface area contributed by atoms with E-state index in [1.54, 1.807) is 17.9 Å². The minimum atomic E-state index is -0.587. The van der Waals surface area contributed by atoms with E-state index in [0.29, 0.717) is 38.3 Å². The van der Waals surface area contributed by atoms with Gasteiger partial charge < -0.3 is 19.1 Å². The summed E-state index contributed by atoms with van der Waals surface area (Å²) >= 11 is 0. The summed E-state index contributed by atoms with van der Waals surface area (Å²) in [6.45, 7) is 4.50. The molecule has 1 amide bonds. The van der Waals surface area contributed by atoms with Gasteiger partial charge in [0.05, 0.1) is 12.5 Å². The quantitative estimate of drug-likeness (QED) is 0.644. The van der Waals surface area contributed by atoms with Crippen molar-refractivity contribution < 1.29 is 28.6 Å². The first-order chi connectivity index (χ1) is 13.0. The van der Waals surface area contributed by atoms with E-state index in [1.807, 2.05) is 25.1 Å². The molecule has 27 heavy (non-hydrogen) atoms. The highest BCUT2D eigenvalue weighted by Crippen LogP contribution is 2.19. The summed E-state index contributed by atoms with van der Waals surface area (Å²) < 4.78 is 15.5. The number of nitrogens with zero attached hydrogens (tertiary/aromatic N) is 1. The fourth-order valence-electron chi connectivity index (χ4n) is 2.97. The number of benzene rings is 1. The third kappa shape index (κ3) is 6.27. The Morgan fingerprint density at radius 2 is 1.74 bits per heavy atom. The second-order valence-corrected chi connectivity index (χ2v) is 6.32. The standard InChI is InChI=1S/C20H27NO6/c1-3-15-7-5-6-8-17(15)26-14-19(23)27-13-18(22)21-11-9-16(10-12-21)20(24)25-4-2/h5-8,16H,3-4,9-14H2,1-2H3. The van der Waals surface area contributed by atoms with Crippen molar-refractivity contribution in [1.29, 1.82) is 0 Å². The largest absolute Gasteiger partial charge is 0.482 e. The van der Waals surface area contributed by atoms with E-state index in [2.05, 4.69) is 0 Å². The number of hydrogen-bond donors (Lipinski definition) is 0. The molecule has 2 rings (SSSR count). The molecular weight excluding hydrogens is 350 g/mol. The summed E-state index contributed by atoms with van der Waals surface area (Å²) in [6, 6.07) is 7.48. The molecule has 0 saturated carbocycles. The summed E-state index contributed by atoms with van der Waals surface area (Å²) in [5, 5.41) is 0. The van der Waals surface area contributed by atoms with E-state index in [-0.39, 0.29) is 31.0 Å². The van der Waals surface area contributed by atoms with Crippen LogP contribution in [0.5, 0.6) is 5.75 Å². The van der Waals surface area contributed by atoms with Crippen molar-refractivity contribution in [1.82, 2.24) is 4.90 Å². The lowest BCUT2D eigenvalue weighted by Crippen LogP contribution is -2.42. The van der Waals surface area contributed by atoms with Crippen LogP contribution < -0.4 is 4.74 Å². The van der Waals surface area contributed by atoms with Gasteiger partial charge in [-0.3, -0.25) is 9.59 Å². The number of aryl methyl sites for hydroxylation is 1. The van der Waals surface area contributed by atoms with E-state index in [4.69, 9.17) is 14.2 Å². The molecule has 1 fully saturated rings. The predicted octanol–water partition coefficient (Wildman–Crippen LogP) is 1.97. The highest BCUT2D eigenvalue weighted by molar-refractivity contribution is 5.81. The number of rotatable bonds is 8. The van der Waals surface area contributed by atoms with Crippen molar-refractivity contribution in [2.75, 3.05) is 32.9 Å². The van der Waals surface area contributed by atoms with Gasteiger partial charge in [0.25, 0.3) is 5.91 Å². The summed E-state index contributed by atoms with van der Waals surface area (Å²) in [5.74, 6) is -0.580. The van der Waals surface area contributed by atoms with Crippen molar-refractivity contribution in [2.45, 2.75) is 33.1 Å². The van der Waals surface area contributed by atoms with E-state index < -0.39 is 5.97 Å². The van der Waals surface area contributed by atoms with E-state index >= 15 is 0 Å². The maximum absolute atomic E-state index is 12.2. The van der Waals surface area contributed by atoms with Crippen LogP contribution in [0.15, 0.2) is 24.3 Å². The van der Waals surface area contributed by atoms with Crippen LogP contribution in [0.4, 0.5) is 0 Å². The maximum atomic E-state index is 12.2. The molecule has 0 radical (unpaired) electrons. The van der Waals surface area contributed by atoms with Gasteiger partial charge in [0.15, 0.2) is 13.2 Å². The zero-order chi connectivity index (χ0) is 19.6. The van der Waals surface area contributed by atoms with Crippen LogP contribution in [0, 0.1) is 5.92 Å². The predicted molar refractivity (Wildman–Crippen MR) is 98.2 cm³/mol. The van der Waals surface area contributed by atoms with Crippen LogP contribution in [0.2, 0.25) is 0 Å². The van der Waals surface area contributed by atoms with Crippen molar-refractivity contribution in [3.63, 3.8) is 0 Å². The van der Waals surface area contributed by atoms with Gasteiger partial charge in [-0.1, -0.05) is 25.1 Å². The van der Waals surface area contributed by atoms with Crippen LogP contribution >= 0.6 is 0 Å². The Balaban J connectivity index is 1.69. The van der Waals surface area contributed by atoms with Gasteiger partial charge in [0, 0.05) is 13.1 Å². The second kappa shape index (κ2) is 10.5. The van der Waals surface area contributed by atoms with Gasteiger partial charge in [-0.2, -0.15) is 0 Å². The fraction of sp³-hybridized carbons (Fsp3) is 0.550. The normalized spacial score (nSPS) is 14.5. The van der Waals surface area contributed by atoms with Gasteiger partial charge in [0.1, 0.15) is 5.75 Å². The second-order valence-electron chi connectivity index (χ2n) is 6.32. The van der Waals surface area contributed by atoms with Crippen LogP contribution in [0.25, 0.3) is 0 Å². The molecule has 1 aromatic carbocycles. The number of ether oxygens (including phenoxy) is 3. The number of carbonyl (C=O) groups is 3. The van der Waals surface area contributed by atoms with Crippen molar-refractivity contribution in [3.05, 3.63) is 29.8 Å². The Kier molecular flexibility index (Phi) is 8.10. The zero-order valence-corrected chi connectivity index (χ0v) is 15.9. The molecule has 1 aromatic rings. The summed E-state index contributed by atoms with van der Waals surface area (Å²) in [4.78, 5) is 37.3. The molecule has 0 N–H and O–H groups in total. The van der Waals surface area contributed by atoms with Gasteiger partial charge in [-0.15, -0.1) is 0 Å². The molecule has 0 atom stereocenters. The highest BCUT2D eigenvalue weighted by atomic mass is 16.6. The fourth-order valence-corrected chi connectivity index (χ4v) is 2.97. The molecule has 7 heteroatoms. The Bertz CT molecular complexity index is 652.